The Balaban J connectivity index is 2.16. The molecule has 0 radical (unpaired) electrons. The number of piperidine rings is 1. The molecule has 98 valence electrons. The number of pyridine rings is 1. The molecule has 1 saturated heterocycles. The number of aromatic nitrogens is 1. The summed E-state index contributed by atoms with van der Waals surface area (Å²) in [6.45, 7) is 1.59. The smallest absolute Gasteiger partial charge is 0.335 e. The van der Waals surface area contributed by atoms with Crippen LogP contribution in [0, 0.1) is 0 Å². The van der Waals surface area contributed by atoms with Crippen molar-refractivity contribution in [1.29, 1.82) is 0 Å². The second-order valence-corrected chi connectivity index (χ2v) is 4.65. The van der Waals surface area contributed by atoms with E-state index in [-0.39, 0.29) is 16.8 Å². The van der Waals surface area contributed by atoms with Gasteiger partial charge in [0, 0.05) is 20.2 Å². The Hall–Kier alpha value is -1.33. The Labute approximate surface area is 110 Å². The number of carboxylic acids is 1. The van der Waals surface area contributed by atoms with Crippen molar-refractivity contribution in [2.75, 3.05) is 25.1 Å². The van der Waals surface area contributed by atoms with Gasteiger partial charge in [-0.25, -0.2) is 9.78 Å². The van der Waals surface area contributed by atoms with Crippen LogP contribution in [0.25, 0.3) is 0 Å². The van der Waals surface area contributed by atoms with E-state index in [9.17, 15) is 4.79 Å². The van der Waals surface area contributed by atoms with Gasteiger partial charge in [0.05, 0.1) is 11.7 Å². The van der Waals surface area contributed by atoms with E-state index in [0.717, 1.165) is 25.9 Å². The Morgan fingerprint density at radius 2 is 2.17 bits per heavy atom. The first-order chi connectivity index (χ1) is 8.60. The van der Waals surface area contributed by atoms with Crippen molar-refractivity contribution < 1.29 is 14.6 Å². The average Bonchev–Trinajstić information content (AvgIpc) is 2.38. The fraction of sp³-hybridized carbons (Fsp3) is 0.500. The molecule has 2 rings (SSSR count). The zero-order chi connectivity index (χ0) is 13.1. The standard InChI is InChI=1S/C12H15ClN2O3/c1-18-9-2-4-15(5-3-9)11-7-8(12(16)17)6-10(13)14-11/h6-7,9H,2-5H2,1H3,(H,16,17). The number of methoxy groups -OCH3 is 1. The van der Waals surface area contributed by atoms with Gasteiger partial charge < -0.3 is 14.7 Å². The predicted octanol–water partition coefficient (Wildman–Crippen LogP) is 2.05. The third-order valence-electron chi connectivity index (χ3n) is 3.13. The van der Waals surface area contributed by atoms with E-state index in [1.165, 1.54) is 6.07 Å². The molecule has 1 fully saturated rings. The molecule has 1 aromatic heterocycles. The molecule has 18 heavy (non-hydrogen) atoms. The Kier molecular flexibility index (Phi) is 4.04. The monoisotopic (exact) mass is 270 g/mol. The lowest BCUT2D eigenvalue weighted by Gasteiger charge is -2.32. The van der Waals surface area contributed by atoms with Gasteiger partial charge in [-0.3, -0.25) is 0 Å². The maximum atomic E-state index is 11.0. The second-order valence-electron chi connectivity index (χ2n) is 4.26. The number of aromatic carboxylic acids is 1. The third kappa shape index (κ3) is 2.91. The molecule has 1 N–H and O–H groups in total. The van der Waals surface area contributed by atoms with Crippen LogP contribution in [0.2, 0.25) is 5.15 Å². The number of ether oxygens (including phenoxy) is 1. The van der Waals surface area contributed by atoms with E-state index in [0.29, 0.717) is 5.82 Å². The van der Waals surface area contributed by atoms with Crippen LogP contribution in [0.4, 0.5) is 5.82 Å². The largest absolute Gasteiger partial charge is 0.478 e. The minimum absolute atomic E-state index is 0.166. The summed E-state index contributed by atoms with van der Waals surface area (Å²) in [6, 6.07) is 2.91. The number of halogens is 1. The first-order valence-corrected chi connectivity index (χ1v) is 6.16. The highest BCUT2D eigenvalue weighted by molar-refractivity contribution is 6.29. The zero-order valence-electron chi connectivity index (χ0n) is 10.1. The molecular weight excluding hydrogens is 256 g/mol. The van der Waals surface area contributed by atoms with Gasteiger partial charge in [-0.05, 0) is 25.0 Å². The van der Waals surface area contributed by atoms with E-state index in [4.69, 9.17) is 21.4 Å². The number of hydrogen-bond donors (Lipinski definition) is 1. The molecule has 0 unspecified atom stereocenters. The van der Waals surface area contributed by atoms with Gasteiger partial charge in [0.25, 0.3) is 0 Å². The van der Waals surface area contributed by atoms with Gasteiger partial charge >= 0.3 is 5.97 Å². The summed E-state index contributed by atoms with van der Waals surface area (Å²) in [4.78, 5) is 17.2. The molecule has 2 heterocycles. The van der Waals surface area contributed by atoms with Crippen molar-refractivity contribution >= 4 is 23.4 Å². The normalized spacial score (nSPS) is 16.9. The van der Waals surface area contributed by atoms with E-state index in [1.54, 1.807) is 13.2 Å². The van der Waals surface area contributed by atoms with Crippen molar-refractivity contribution in [3.63, 3.8) is 0 Å². The van der Waals surface area contributed by atoms with Crippen molar-refractivity contribution in [3.05, 3.63) is 22.8 Å². The summed E-state index contributed by atoms with van der Waals surface area (Å²) in [7, 11) is 1.71. The number of anilines is 1. The maximum absolute atomic E-state index is 11.0. The quantitative estimate of drug-likeness (QED) is 0.852. The van der Waals surface area contributed by atoms with Crippen molar-refractivity contribution in [2.45, 2.75) is 18.9 Å². The van der Waals surface area contributed by atoms with Crippen LogP contribution in [-0.4, -0.2) is 42.4 Å². The molecule has 1 aromatic rings. The molecular formula is C12H15ClN2O3. The number of rotatable bonds is 3. The lowest BCUT2D eigenvalue weighted by Crippen LogP contribution is -2.37. The highest BCUT2D eigenvalue weighted by Crippen LogP contribution is 2.22. The van der Waals surface area contributed by atoms with Crippen molar-refractivity contribution in [2.24, 2.45) is 0 Å². The Morgan fingerprint density at radius 1 is 1.50 bits per heavy atom. The molecule has 0 spiro atoms. The molecule has 0 bridgehead atoms. The predicted molar refractivity (Wildman–Crippen MR) is 68.5 cm³/mol. The van der Waals surface area contributed by atoms with Crippen LogP contribution in [0.5, 0.6) is 0 Å². The van der Waals surface area contributed by atoms with Gasteiger partial charge in [-0.2, -0.15) is 0 Å². The fourth-order valence-corrected chi connectivity index (χ4v) is 2.29. The Morgan fingerprint density at radius 3 is 2.72 bits per heavy atom. The number of carbonyl (C=O) groups is 1. The molecule has 0 amide bonds. The lowest BCUT2D eigenvalue weighted by atomic mass is 10.1. The highest BCUT2D eigenvalue weighted by atomic mass is 35.5. The van der Waals surface area contributed by atoms with E-state index < -0.39 is 5.97 Å². The first kappa shape index (κ1) is 13.1. The molecule has 5 nitrogen and oxygen atoms in total. The minimum Gasteiger partial charge on any atom is -0.478 e. The van der Waals surface area contributed by atoms with Crippen LogP contribution < -0.4 is 4.90 Å². The summed E-state index contributed by atoms with van der Waals surface area (Å²) < 4.78 is 5.29. The van der Waals surface area contributed by atoms with Crippen LogP contribution in [0.1, 0.15) is 23.2 Å². The van der Waals surface area contributed by atoms with Crippen molar-refractivity contribution in [3.8, 4) is 0 Å². The van der Waals surface area contributed by atoms with Gasteiger partial charge in [0.1, 0.15) is 11.0 Å². The van der Waals surface area contributed by atoms with Gasteiger partial charge in [-0.1, -0.05) is 11.6 Å². The lowest BCUT2D eigenvalue weighted by molar-refractivity contribution is 0.0696. The summed E-state index contributed by atoms with van der Waals surface area (Å²) in [5, 5.41) is 9.19. The van der Waals surface area contributed by atoms with E-state index in [1.807, 2.05) is 4.90 Å². The third-order valence-corrected chi connectivity index (χ3v) is 3.32. The number of hydrogen-bond acceptors (Lipinski definition) is 4. The molecule has 0 atom stereocenters. The molecule has 0 aromatic carbocycles. The average molecular weight is 271 g/mol. The van der Waals surface area contributed by atoms with Crippen LogP contribution in [0.3, 0.4) is 0 Å². The zero-order valence-corrected chi connectivity index (χ0v) is 10.9. The first-order valence-electron chi connectivity index (χ1n) is 5.79. The van der Waals surface area contributed by atoms with Crippen molar-refractivity contribution in [1.82, 2.24) is 4.98 Å². The van der Waals surface area contributed by atoms with Gasteiger partial charge in [0.2, 0.25) is 0 Å². The SMILES string of the molecule is COC1CCN(c2cc(C(=O)O)cc(Cl)n2)CC1. The van der Waals surface area contributed by atoms with Gasteiger partial charge in [-0.15, -0.1) is 0 Å². The van der Waals surface area contributed by atoms with E-state index in [2.05, 4.69) is 4.98 Å². The van der Waals surface area contributed by atoms with Crippen LogP contribution >= 0.6 is 11.6 Å². The number of carboxylic acid groups (broad SMARTS) is 1. The van der Waals surface area contributed by atoms with E-state index >= 15 is 0 Å². The van der Waals surface area contributed by atoms with Crippen LogP contribution in [-0.2, 0) is 4.74 Å². The fourth-order valence-electron chi connectivity index (χ4n) is 2.09. The van der Waals surface area contributed by atoms with Gasteiger partial charge in [0.15, 0.2) is 0 Å². The molecule has 6 heteroatoms. The topological polar surface area (TPSA) is 62.7 Å². The number of nitrogens with zero attached hydrogens (tertiary/aromatic N) is 2. The van der Waals surface area contributed by atoms with Crippen LogP contribution in [0.15, 0.2) is 12.1 Å². The molecule has 0 aliphatic carbocycles. The Bertz CT molecular complexity index is 445. The summed E-state index contributed by atoms with van der Waals surface area (Å²) >= 11 is 5.84. The summed E-state index contributed by atoms with van der Waals surface area (Å²) in [5.74, 6) is -0.373. The molecule has 1 aliphatic rings. The highest BCUT2D eigenvalue weighted by Gasteiger charge is 2.20. The minimum atomic E-state index is -0.993. The second kappa shape index (κ2) is 5.54. The summed E-state index contributed by atoms with van der Waals surface area (Å²) in [5.41, 5.74) is 0.166. The maximum Gasteiger partial charge on any atom is 0.335 e. The molecule has 0 saturated carbocycles. The molecule has 1 aliphatic heterocycles. The summed E-state index contributed by atoms with van der Waals surface area (Å²) in [6.07, 6.45) is 2.10.